The highest BCUT2D eigenvalue weighted by atomic mass is 19.1. The number of carbonyl (C=O) groups excluding carboxylic acids is 1. The summed E-state index contributed by atoms with van der Waals surface area (Å²) in [6.45, 7) is 3.51. The van der Waals surface area contributed by atoms with Crippen LogP contribution in [0.2, 0.25) is 0 Å². The third-order valence-electron chi connectivity index (χ3n) is 3.21. The molecule has 92 valence electrons. The normalized spacial score (nSPS) is 18.6. The number of carbonyl (C=O) groups is 1. The van der Waals surface area contributed by atoms with Gasteiger partial charge in [-0.1, -0.05) is 0 Å². The highest BCUT2D eigenvalue weighted by Crippen LogP contribution is 2.38. The molecule has 0 aromatic heterocycles. The van der Waals surface area contributed by atoms with Crippen LogP contribution in [0.5, 0.6) is 0 Å². The summed E-state index contributed by atoms with van der Waals surface area (Å²) < 4.78 is 13.2. The van der Waals surface area contributed by atoms with E-state index in [9.17, 15) is 9.18 Å². The Labute approximate surface area is 100 Å². The van der Waals surface area contributed by atoms with E-state index < -0.39 is 5.54 Å². The van der Waals surface area contributed by atoms with Crippen molar-refractivity contribution in [2.45, 2.75) is 32.2 Å². The number of rotatable bonds is 3. The maximum atomic E-state index is 13.2. The van der Waals surface area contributed by atoms with E-state index in [1.807, 2.05) is 0 Å². The quantitative estimate of drug-likeness (QED) is 0.845. The van der Waals surface area contributed by atoms with Crippen molar-refractivity contribution in [3.63, 3.8) is 0 Å². The minimum absolute atomic E-state index is 0.245. The van der Waals surface area contributed by atoms with Crippen LogP contribution in [0.3, 0.4) is 0 Å². The van der Waals surface area contributed by atoms with Crippen molar-refractivity contribution < 1.29 is 9.18 Å². The second-order valence-electron chi connectivity index (χ2n) is 5.03. The smallest absolute Gasteiger partial charge is 0.244 e. The Hall–Kier alpha value is -1.42. The number of nitrogens with two attached hydrogens (primary N) is 1. The molecule has 0 saturated heterocycles. The van der Waals surface area contributed by atoms with Crippen molar-refractivity contribution in [1.29, 1.82) is 0 Å². The number of hydrogen-bond acceptors (Lipinski definition) is 2. The van der Waals surface area contributed by atoms with E-state index in [-0.39, 0.29) is 17.6 Å². The third kappa shape index (κ3) is 2.64. The number of halogens is 1. The Balaban J connectivity index is 2.12. The molecule has 1 saturated carbocycles. The Morgan fingerprint density at radius 2 is 2.12 bits per heavy atom. The zero-order valence-electron chi connectivity index (χ0n) is 10.1. The number of hydrogen-bond donors (Lipinski definition) is 2. The Bertz CT molecular complexity index is 432. The van der Waals surface area contributed by atoms with Gasteiger partial charge in [-0.2, -0.15) is 0 Å². The van der Waals surface area contributed by atoms with Crippen molar-refractivity contribution in [3.8, 4) is 0 Å². The van der Waals surface area contributed by atoms with E-state index in [0.29, 0.717) is 5.69 Å². The van der Waals surface area contributed by atoms with Gasteiger partial charge in [0, 0.05) is 5.69 Å². The average molecular weight is 236 g/mol. The first-order chi connectivity index (χ1) is 7.89. The Morgan fingerprint density at radius 3 is 2.65 bits per heavy atom. The molecule has 1 atom stereocenters. The topological polar surface area (TPSA) is 55.1 Å². The van der Waals surface area contributed by atoms with Crippen LogP contribution in [-0.4, -0.2) is 11.4 Å². The fourth-order valence-corrected chi connectivity index (χ4v) is 1.94. The first-order valence-electron chi connectivity index (χ1n) is 5.77. The van der Waals surface area contributed by atoms with Gasteiger partial charge in [0.1, 0.15) is 5.82 Å². The Morgan fingerprint density at radius 1 is 1.47 bits per heavy atom. The molecule has 1 unspecified atom stereocenters. The van der Waals surface area contributed by atoms with Crippen molar-refractivity contribution in [2.24, 2.45) is 11.7 Å². The van der Waals surface area contributed by atoms with Gasteiger partial charge < -0.3 is 11.1 Å². The molecule has 0 spiro atoms. The summed E-state index contributed by atoms with van der Waals surface area (Å²) in [6, 6.07) is 4.44. The first-order valence-corrected chi connectivity index (χ1v) is 5.77. The summed E-state index contributed by atoms with van der Waals surface area (Å²) in [6.07, 6.45) is 1.98. The van der Waals surface area contributed by atoms with Gasteiger partial charge in [-0.25, -0.2) is 4.39 Å². The highest BCUT2D eigenvalue weighted by Gasteiger charge is 2.44. The SMILES string of the molecule is Cc1cc(F)cc(NC(=O)C(C)(N)C2CC2)c1. The summed E-state index contributed by atoms with van der Waals surface area (Å²) >= 11 is 0. The van der Waals surface area contributed by atoms with Gasteiger partial charge in [0.2, 0.25) is 5.91 Å². The third-order valence-corrected chi connectivity index (χ3v) is 3.21. The lowest BCUT2D eigenvalue weighted by Crippen LogP contribution is -2.50. The molecular weight excluding hydrogens is 219 g/mol. The molecule has 3 N–H and O–H groups in total. The molecule has 4 heteroatoms. The number of anilines is 1. The fourth-order valence-electron chi connectivity index (χ4n) is 1.94. The molecule has 0 heterocycles. The van der Waals surface area contributed by atoms with Gasteiger partial charge in [0.25, 0.3) is 0 Å². The van der Waals surface area contributed by atoms with Crippen molar-refractivity contribution in [1.82, 2.24) is 0 Å². The molecule has 1 aromatic carbocycles. The monoisotopic (exact) mass is 236 g/mol. The van der Waals surface area contributed by atoms with E-state index in [0.717, 1.165) is 18.4 Å². The van der Waals surface area contributed by atoms with E-state index in [4.69, 9.17) is 5.73 Å². The zero-order chi connectivity index (χ0) is 12.6. The lowest BCUT2D eigenvalue weighted by molar-refractivity contribution is -0.121. The molecule has 0 aliphatic heterocycles. The van der Waals surface area contributed by atoms with Crippen LogP contribution in [0, 0.1) is 18.7 Å². The summed E-state index contributed by atoms with van der Waals surface area (Å²) in [5.74, 6) is -0.354. The van der Waals surface area contributed by atoms with Crippen molar-refractivity contribution in [2.75, 3.05) is 5.32 Å². The maximum Gasteiger partial charge on any atom is 0.244 e. The van der Waals surface area contributed by atoms with E-state index in [1.54, 1.807) is 19.9 Å². The van der Waals surface area contributed by atoms with Gasteiger partial charge in [0.15, 0.2) is 0 Å². The van der Waals surface area contributed by atoms with Gasteiger partial charge in [-0.3, -0.25) is 4.79 Å². The molecule has 1 aliphatic rings. The maximum absolute atomic E-state index is 13.2. The van der Waals surface area contributed by atoms with Gasteiger partial charge >= 0.3 is 0 Å². The number of amides is 1. The molecule has 0 radical (unpaired) electrons. The van der Waals surface area contributed by atoms with Crippen LogP contribution >= 0.6 is 0 Å². The van der Waals surface area contributed by atoms with Crippen LogP contribution in [-0.2, 0) is 4.79 Å². The van der Waals surface area contributed by atoms with Crippen LogP contribution in [0.4, 0.5) is 10.1 Å². The summed E-state index contributed by atoms with van der Waals surface area (Å²) in [5, 5.41) is 2.68. The van der Waals surface area contributed by atoms with Gasteiger partial charge in [-0.15, -0.1) is 0 Å². The second kappa shape index (κ2) is 4.11. The molecule has 1 aliphatic carbocycles. The summed E-state index contributed by atoms with van der Waals surface area (Å²) in [7, 11) is 0. The molecular formula is C13H17FN2O. The van der Waals surface area contributed by atoms with E-state index in [2.05, 4.69) is 5.32 Å². The van der Waals surface area contributed by atoms with Crippen LogP contribution in [0.1, 0.15) is 25.3 Å². The number of aryl methyl sites for hydroxylation is 1. The van der Waals surface area contributed by atoms with Crippen LogP contribution in [0.15, 0.2) is 18.2 Å². The van der Waals surface area contributed by atoms with Crippen LogP contribution in [0.25, 0.3) is 0 Å². The Kier molecular flexibility index (Phi) is 2.91. The van der Waals surface area contributed by atoms with Gasteiger partial charge in [0.05, 0.1) is 5.54 Å². The predicted octanol–water partition coefficient (Wildman–Crippen LogP) is 2.20. The minimum Gasteiger partial charge on any atom is -0.324 e. The standard InChI is InChI=1S/C13H17FN2O/c1-8-5-10(14)7-11(6-8)16-12(17)13(2,15)9-3-4-9/h5-7,9H,3-4,15H2,1-2H3,(H,16,17). The van der Waals surface area contributed by atoms with E-state index >= 15 is 0 Å². The lowest BCUT2D eigenvalue weighted by Gasteiger charge is -2.23. The molecule has 3 nitrogen and oxygen atoms in total. The zero-order valence-corrected chi connectivity index (χ0v) is 10.1. The molecule has 1 amide bonds. The number of benzene rings is 1. The van der Waals surface area contributed by atoms with Gasteiger partial charge in [-0.05, 0) is 56.4 Å². The molecule has 0 bridgehead atoms. The highest BCUT2D eigenvalue weighted by molar-refractivity contribution is 5.98. The van der Waals surface area contributed by atoms with Crippen molar-refractivity contribution >= 4 is 11.6 Å². The summed E-state index contributed by atoms with van der Waals surface area (Å²) in [5.41, 5.74) is 6.35. The molecule has 1 aromatic rings. The second-order valence-corrected chi connectivity index (χ2v) is 5.03. The minimum atomic E-state index is -0.861. The van der Waals surface area contributed by atoms with Crippen molar-refractivity contribution in [3.05, 3.63) is 29.6 Å². The van der Waals surface area contributed by atoms with E-state index in [1.165, 1.54) is 12.1 Å². The molecule has 2 rings (SSSR count). The first kappa shape index (κ1) is 12.0. The fraction of sp³-hybridized carbons (Fsp3) is 0.462. The van der Waals surface area contributed by atoms with Crippen LogP contribution < -0.4 is 11.1 Å². The average Bonchev–Trinajstić information content (AvgIpc) is 2.98. The molecule has 1 fully saturated rings. The molecule has 17 heavy (non-hydrogen) atoms. The lowest BCUT2D eigenvalue weighted by atomic mass is 9.96. The predicted molar refractivity (Wildman–Crippen MR) is 65.1 cm³/mol. The number of nitrogens with one attached hydrogen (secondary N) is 1. The summed E-state index contributed by atoms with van der Waals surface area (Å²) in [4.78, 5) is 12.0. The largest absolute Gasteiger partial charge is 0.324 e.